The van der Waals surface area contributed by atoms with E-state index < -0.39 is 0 Å². The highest BCUT2D eigenvalue weighted by Crippen LogP contribution is 2.22. The van der Waals surface area contributed by atoms with Gasteiger partial charge < -0.3 is 10.2 Å². The third-order valence-corrected chi connectivity index (χ3v) is 4.35. The van der Waals surface area contributed by atoms with E-state index in [1.165, 1.54) is 45.3 Å². The van der Waals surface area contributed by atoms with Gasteiger partial charge in [0, 0.05) is 12.6 Å². The molecule has 1 saturated heterocycles. The van der Waals surface area contributed by atoms with E-state index >= 15 is 0 Å². The minimum Gasteiger partial charge on any atom is -0.317 e. The molecule has 1 N–H and O–H groups in total. The molecule has 2 nitrogen and oxygen atoms in total. The molecule has 0 aromatic rings. The topological polar surface area (TPSA) is 15.3 Å². The Morgan fingerprint density at radius 1 is 1.31 bits per heavy atom. The lowest BCUT2D eigenvalue weighted by Gasteiger charge is -2.35. The van der Waals surface area contributed by atoms with Crippen LogP contribution in [0.1, 0.15) is 46.5 Å². The number of rotatable bonds is 6. The zero-order valence-electron chi connectivity index (χ0n) is 11.6. The van der Waals surface area contributed by atoms with E-state index in [1.807, 2.05) is 0 Å². The first-order valence-electron chi connectivity index (χ1n) is 7.07. The van der Waals surface area contributed by atoms with Crippen molar-refractivity contribution < 1.29 is 0 Å². The maximum absolute atomic E-state index is 3.39. The van der Waals surface area contributed by atoms with Gasteiger partial charge in [0.15, 0.2) is 0 Å². The summed E-state index contributed by atoms with van der Waals surface area (Å²) in [5.74, 6) is 1.82. The van der Waals surface area contributed by atoms with Crippen molar-refractivity contribution in [1.82, 2.24) is 10.2 Å². The Kier molecular flexibility index (Phi) is 6.37. The van der Waals surface area contributed by atoms with Crippen molar-refractivity contribution in [2.24, 2.45) is 11.8 Å². The van der Waals surface area contributed by atoms with Gasteiger partial charge in [-0.3, -0.25) is 0 Å². The van der Waals surface area contributed by atoms with Crippen molar-refractivity contribution in [3.63, 3.8) is 0 Å². The minimum absolute atomic E-state index is 0.723. The zero-order valence-corrected chi connectivity index (χ0v) is 11.6. The second-order valence-corrected chi connectivity index (χ2v) is 5.58. The van der Waals surface area contributed by atoms with Gasteiger partial charge in [0.05, 0.1) is 0 Å². The predicted octanol–water partition coefficient (Wildman–Crippen LogP) is 2.74. The first-order chi connectivity index (χ1) is 7.67. The Hall–Kier alpha value is -0.0800. The molecule has 0 bridgehead atoms. The van der Waals surface area contributed by atoms with Crippen LogP contribution >= 0.6 is 0 Å². The molecule has 0 aromatic heterocycles. The van der Waals surface area contributed by atoms with Crippen molar-refractivity contribution in [2.75, 3.05) is 26.7 Å². The lowest BCUT2D eigenvalue weighted by Crippen LogP contribution is -2.39. The van der Waals surface area contributed by atoms with Gasteiger partial charge in [0.25, 0.3) is 0 Å². The SMILES string of the molecule is CCC(CCCN1CCC(C)C(C)C1)NC. The summed E-state index contributed by atoms with van der Waals surface area (Å²) in [7, 11) is 2.08. The first-order valence-corrected chi connectivity index (χ1v) is 7.07. The fraction of sp³-hybridized carbons (Fsp3) is 1.00. The molecule has 0 radical (unpaired) electrons. The Morgan fingerprint density at radius 3 is 2.62 bits per heavy atom. The Labute approximate surface area is 102 Å². The Morgan fingerprint density at radius 2 is 2.06 bits per heavy atom. The van der Waals surface area contributed by atoms with Crippen molar-refractivity contribution in [2.45, 2.75) is 52.5 Å². The smallest absolute Gasteiger partial charge is 0.00619 e. The zero-order chi connectivity index (χ0) is 12.0. The maximum atomic E-state index is 3.39. The van der Waals surface area contributed by atoms with E-state index in [1.54, 1.807) is 0 Å². The third-order valence-electron chi connectivity index (χ3n) is 4.35. The Balaban J connectivity index is 2.13. The molecule has 1 rings (SSSR count). The molecule has 1 fully saturated rings. The van der Waals surface area contributed by atoms with E-state index in [0.29, 0.717) is 0 Å². The molecule has 2 heteroatoms. The Bertz CT molecular complexity index is 178. The van der Waals surface area contributed by atoms with Crippen LogP contribution in [-0.2, 0) is 0 Å². The fourth-order valence-corrected chi connectivity index (χ4v) is 2.67. The van der Waals surface area contributed by atoms with Crippen molar-refractivity contribution in [3.8, 4) is 0 Å². The van der Waals surface area contributed by atoms with Gasteiger partial charge >= 0.3 is 0 Å². The van der Waals surface area contributed by atoms with Crippen LogP contribution < -0.4 is 5.32 Å². The molecule has 0 aliphatic carbocycles. The quantitative estimate of drug-likeness (QED) is 0.749. The predicted molar refractivity (Wildman–Crippen MR) is 71.8 cm³/mol. The van der Waals surface area contributed by atoms with Gasteiger partial charge in [0.1, 0.15) is 0 Å². The van der Waals surface area contributed by atoms with Crippen LogP contribution in [0.5, 0.6) is 0 Å². The van der Waals surface area contributed by atoms with Crippen LogP contribution in [0.25, 0.3) is 0 Å². The summed E-state index contributed by atoms with van der Waals surface area (Å²) in [4.78, 5) is 2.66. The summed E-state index contributed by atoms with van der Waals surface area (Å²) >= 11 is 0. The molecule has 0 amide bonds. The van der Waals surface area contributed by atoms with E-state index in [9.17, 15) is 0 Å². The number of likely N-dealkylation sites (tertiary alicyclic amines) is 1. The molecule has 1 heterocycles. The van der Waals surface area contributed by atoms with Crippen molar-refractivity contribution >= 4 is 0 Å². The van der Waals surface area contributed by atoms with Crippen LogP contribution in [0.2, 0.25) is 0 Å². The standard InChI is InChI=1S/C14H30N2/c1-5-14(15-4)7-6-9-16-10-8-12(2)13(3)11-16/h12-15H,5-11H2,1-4H3. The van der Waals surface area contributed by atoms with Crippen LogP contribution in [0.4, 0.5) is 0 Å². The molecule has 0 spiro atoms. The molecule has 16 heavy (non-hydrogen) atoms. The maximum Gasteiger partial charge on any atom is 0.00619 e. The number of nitrogens with one attached hydrogen (secondary N) is 1. The minimum atomic E-state index is 0.723. The lowest BCUT2D eigenvalue weighted by atomic mass is 9.88. The summed E-state index contributed by atoms with van der Waals surface area (Å²) in [5, 5.41) is 3.39. The van der Waals surface area contributed by atoms with E-state index in [0.717, 1.165) is 17.9 Å². The first kappa shape index (κ1) is 14.0. The molecular formula is C14H30N2. The molecule has 0 saturated carbocycles. The molecule has 3 atom stereocenters. The van der Waals surface area contributed by atoms with Gasteiger partial charge in [-0.25, -0.2) is 0 Å². The molecule has 1 aliphatic rings. The summed E-state index contributed by atoms with van der Waals surface area (Å²) in [6, 6.07) is 0.723. The average Bonchev–Trinajstić information content (AvgIpc) is 2.29. The molecule has 3 unspecified atom stereocenters. The summed E-state index contributed by atoms with van der Waals surface area (Å²) in [6.07, 6.45) is 5.32. The normalized spacial score (nSPS) is 29.2. The summed E-state index contributed by atoms with van der Waals surface area (Å²) in [6.45, 7) is 11.0. The van der Waals surface area contributed by atoms with Crippen LogP contribution in [-0.4, -0.2) is 37.6 Å². The summed E-state index contributed by atoms with van der Waals surface area (Å²) < 4.78 is 0. The van der Waals surface area contributed by atoms with Crippen LogP contribution in [0.15, 0.2) is 0 Å². The second kappa shape index (κ2) is 7.29. The van der Waals surface area contributed by atoms with Gasteiger partial charge in [-0.05, 0) is 57.7 Å². The third kappa shape index (κ3) is 4.42. The number of piperidine rings is 1. The molecular weight excluding hydrogens is 196 g/mol. The van der Waals surface area contributed by atoms with Gasteiger partial charge in [-0.1, -0.05) is 20.8 Å². The number of hydrogen-bond donors (Lipinski definition) is 1. The van der Waals surface area contributed by atoms with Crippen molar-refractivity contribution in [3.05, 3.63) is 0 Å². The van der Waals surface area contributed by atoms with E-state index in [4.69, 9.17) is 0 Å². The lowest BCUT2D eigenvalue weighted by molar-refractivity contribution is 0.135. The highest BCUT2D eigenvalue weighted by atomic mass is 15.1. The largest absolute Gasteiger partial charge is 0.317 e. The second-order valence-electron chi connectivity index (χ2n) is 5.58. The number of hydrogen-bond acceptors (Lipinski definition) is 2. The average molecular weight is 226 g/mol. The van der Waals surface area contributed by atoms with Crippen LogP contribution in [0, 0.1) is 11.8 Å². The number of nitrogens with zero attached hydrogens (tertiary/aromatic N) is 1. The highest BCUT2D eigenvalue weighted by Gasteiger charge is 2.22. The van der Waals surface area contributed by atoms with E-state index in [-0.39, 0.29) is 0 Å². The summed E-state index contributed by atoms with van der Waals surface area (Å²) in [5.41, 5.74) is 0. The monoisotopic (exact) mass is 226 g/mol. The fourth-order valence-electron chi connectivity index (χ4n) is 2.67. The van der Waals surface area contributed by atoms with Crippen LogP contribution in [0.3, 0.4) is 0 Å². The highest BCUT2D eigenvalue weighted by molar-refractivity contribution is 4.75. The van der Waals surface area contributed by atoms with Gasteiger partial charge in [-0.2, -0.15) is 0 Å². The van der Waals surface area contributed by atoms with Crippen molar-refractivity contribution in [1.29, 1.82) is 0 Å². The molecule has 0 aromatic carbocycles. The van der Waals surface area contributed by atoms with Gasteiger partial charge in [0.2, 0.25) is 0 Å². The van der Waals surface area contributed by atoms with E-state index in [2.05, 4.69) is 38.0 Å². The molecule has 96 valence electrons. The molecule has 1 aliphatic heterocycles. The van der Waals surface area contributed by atoms with Gasteiger partial charge in [-0.15, -0.1) is 0 Å².